The Labute approximate surface area is 313 Å². The molecule has 6 nitrogen and oxygen atoms in total. The minimum Gasteiger partial charge on any atom is -0.462 e. The molecule has 4 saturated carbocycles. The Kier molecular flexibility index (Phi) is 11.2. The van der Waals surface area contributed by atoms with Gasteiger partial charge in [-0.1, -0.05) is 108 Å². The fraction of sp³-hybridized carbons (Fsp3) is 0.739. The predicted octanol–water partition coefficient (Wildman–Crippen LogP) is 9.46. The molecule has 2 bridgehead atoms. The van der Waals surface area contributed by atoms with Crippen LogP contribution in [0.5, 0.6) is 0 Å². The van der Waals surface area contributed by atoms with Crippen LogP contribution in [0.25, 0.3) is 0 Å². The summed E-state index contributed by atoms with van der Waals surface area (Å²) in [6.07, 6.45) is 23.3. The summed E-state index contributed by atoms with van der Waals surface area (Å²) in [6, 6.07) is 10.7. The molecule has 2 N–H and O–H groups in total. The number of hydrogen-bond donors (Lipinski definition) is 2. The number of hydrogen-bond acceptors (Lipinski definition) is 6. The highest BCUT2D eigenvalue weighted by molar-refractivity contribution is 5.85. The number of cyclic esters (lactones) is 1. The summed E-state index contributed by atoms with van der Waals surface area (Å²) < 4.78 is 12.2. The number of aliphatic hydroxyl groups is 2. The Bertz CT molecular complexity index is 1470. The second-order valence-corrected chi connectivity index (χ2v) is 18.7. The molecule has 5 aliphatic carbocycles. The van der Waals surface area contributed by atoms with Crippen molar-refractivity contribution in [1.29, 1.82) is 0 Å². The number of esters is 2. The molecule has 9 atom stereocenters. The van der Waals surface area contributed by atoms with E-state index in [0.717, 1.165) is 82.6 Å². The van der Waals surface area contributed by atoms with Crippen molar-refractivity contribution in [1.82, 2.24) is 0 Å². The van der Waals surface area contributed by atoms with Crippen LogP contribution in [0, 0.1) is 45.8 Å². The quantitative estimate of drug-likeness (QED) is 0.156. The Morgan fingerprint density at radius 3 is 2.42 bits per heavy atom. The van der Waals surface area contributed by atoms with Crippen LogP contribution in [0.1, 0.15) is 142 Å². The molecule has 0 radical (unpaired) electrons. The van der Waals surface area contributed by atoms with E-state index in [-0.39, 0.29) is 47.8 Å². The molecule has 6 heteroatoms. The van der Waals surface area contributed by atoms with E-state index >= 15 is 0 Å². The van der Waals surface area contributed by atoms with Crippen LogP contribution < -0.4 is 0 Å². The van der Waals surface area contributed by atoms with E-state index < -0.39 is 22.5 Å². The molecule has 0 unspecified atom stereocenters. The van der Waals surface area contributed by atoms with Gasteiger partial charge in [0, 0.05) is 22.8 Å². The van der Waals surface area contributed by atoms with Gasteiger partial charge in [0.05, 0.1) is 17.6 Å². The summed E-state index contributed by atoms with van der Waals surface area (Å²) in [7, 11) is 0. The van der Waals surface area contributed by atoms with Gasteiger partial charge in [0.25, 0.3) is 0 Å². The first-order valence-electron chi connectivity index (χ1n) is 21.2. The van der Waals surface area contributed by atoms with E-state index in [9.17, 15) is 19.8 Å². The zero-order valence-electron chi connectivity index (χ0n) is 32.3. The van der Waals surface area contributed by atoms with Crippen molar-refractivity contribution in [3.8, 4) is 0 Å². The fourth-order valence-electron chi connectivity index (χ4n) is 12.9. The first-order valence-corrected chi connectivity index (χ1v) is 21.2. The zero-order chi connectivity index (χ0) is 36.6. The molecule has 1 aliphatic heterocycles. The minimum absolute atomic E-state index is 0.0554. The molecular weight excluding hydrogens is 649 g/mol. The summed E-state index contributed by atoms with van der Waals surface area (Å²) >= 11 is 0. The fourth-order valence-corrected chi connectivity index (χ4v) is 12.9. The third kappa shape index (κ3) is 6.75. The number of aliphatic hydroxyl groups excluding tert-OH is 1. The monoisotopic (exact) mass is 714 g/mol. The number of ether oxygens (including phenoxy) is 2. The second kappa shape index (κ2) is 15.4. The van der Waals surface area contributed by atoms with Gasteiger partial charge in [-0.25, -0.2) is 4.79 Å². The number of fused-ring (bicyclic) bond motifs is 1. The van der Waals surface area contributed by atoms with Gasteiger partial charge >= 0.3 is 11.9 Å². The lowest BCUT2D eigenvalue weighted by Gasteiger charge is -2.74. The van der Waals surface area contributed by atoms with Crippen LogP contribution in [0.4, 0.5) is 0 Å². The topological polar surface area (TPSA) is 93.1 Å². The Balaban J connectivity index is 1.26. The molecule has 52 heavy (non-hydrogen) atoms. The van der Waals surface area contributed by atoms with Gasteiger partial charge in [0.2, 0.25) is 0 Å². The van der Waals surface area contributed by atoms with Crippen LogP contribution >= 0.6 is 0 Å². The maximum Gasteiger partial charge on any atom is 0.331 e. The van der Waals surface area contributed by atoms with Gasteiger partial charge in [-0.15, -0.1) is 0 Å². The summed E-state index contributed by atoms with van der Waals surface area (Å²) in [6.45, 7) is 7.23. The predicted molar refractivity (Wildman–Crippen MR) is 204 cm³/mol. The standard InChI is InChI=1S/C46H66O6/c1-32(13-12-16-33-14-6-4-7-15-33)21-22-37-24-26-43(2)30-38(52-42(49)35-17-8-5-9-18-35)41-44(3,36-19-10-11-20-36)27-25-39(47)46(37,41)45(43,50)28-23-34-29-40(48)51-31-34/h4,6-7,14-15,24,26,29,32,35-39,41,47,50H,5,8-13,16-23,25,27-28,30-31H2,1-3H3/t32-,37+,38-,39+,41-,43-,44+,45-,46+/m1/s1. The van der Waals surface area contributed by atoms with Crippen molar-refractivity contribution in [2.24, 2.45) is 45.8 Å². The largest absolute Gasteiger partial charge is 0.462 e. The highest BCUT2D eigenvalue weighted by atomic mass is 16.5. The first-order chi connectivity index (χ1) is 25.0. The highest BCUT2D eigenvalue weighted by Gasteiger charge is 2.78. The molecule has 7 rings (SSSR count). The first kappa shape index (κ1) is 37.9. The third-order valence-electron chi connectivity index (χ3n) is 15.7. The van der Waals surface area contributed by atoms with E-state index in [0.29, 0.717) is 37.5 Å². The number of carbonyl (C=O) groups excluding carboxylic acids is 2. The molecule has 0 aromatic heterocycles. The minimum atomic E-state index is -1.26. The van der Waals surface area contributed by atoms with E-state index in [2.05, 4.69) is 63.3 Å². The molecule has 1 aromatic carbocycles. The Morgan fingerprint density at radius 1 is 0.981 bits per heavy atom. The van der Waals surface area contributed by atoms with Crippen molar-refractivity contribution in [2.75, 3.05) is 6.61 Å². The number of carbonyl (C=O) groups is 2. The van der Waals surface area contributed by atoms with Crippen molar-refractivity contribution < 1.29 is 29.3 Å². The second-order valence-electron chi connectivity index (χ2n) is 18.7. The molecule has 1 spiro atoms. The maximum absolute atomic E-state index is 14.1. The summed E-state index contributed by atoms with van der Waals surface area (Å²) in [5, 5.41) is 26.7. The van der Waals surface area contributed by atoms with E-state index in [1.54, 1.807) is 6.08 Å². The van der Waals surface area contributed by atoms with Crippen molar-refractivity contribution >= 4 is 11.9 Å². The lowest BCUT2D eigenvalue weighted by atomic mass is 9.32. The maximum atomic E-state index is 14.1. The number of rotatable bonds is 13. The van der Waals surface area contributed by atoms with Crippen molar-refractivity contribution in [3.05, 3.63) is 59.7 Å². The third-order valence-corrected chi connectivity index (χ3v) is 15.7. The lowest BCUT2D eigenvalue weighted by molar-refractivity contribution is -0.331. The summed E-state index contributed by atoms with van der Waals surface area (Å²) in [5.74, 6) is 0.322. The van der Waals surface area contributed by atoms with Crippen LogP contribution in [0.15, 0.2) is 54.1 Å². The number of allylic oxidation sites excluding steroid dienone is 1. The molecule has 0 amide bonds. The van der Waals surface area contributed by atoms with Gasteiger partial charge in [0.1, 0.15) is 12.7 Å². The number of aryl methyl sites for hydroxylation is 1. The van der Waals surface area contributed by atoms with Gasteiger partial charge < -0.3 is 19.7 Å². The van der Waals surface area contributed by atoms with Crippen LogP contribution in [0.2, 0.25) is 0 Å². The average molecular weight is 715 g/mol. The lowest BCUT2D eigenvalue weighted by Crippen LogP contribution is -2.79. The van der Waals surface area contributed by atoms with E-state index in [1.165, 1.54) is 24.8 Å². The van der Waals surface area contributed by atoms with E-state index in [1.807, 2.05) is 0 Å². The Hall–Kier alpha value is -2.44. The van der Waals surface area contributed by atoms with Crippen LogP contribution in [0.3, 0.4) is 0 Å². The summed E-state index contributed by atoms with van der Waals surface area (Å²) in [5.41, 5.74) is -0.754. The van der Waals surface area contributed by atoms with Crippen LogP contribution in [-0.4, -0.2) is 46.6 Å². The van der Waals surface area contributed by atoms with Crippen molar-refractivity contribution in [2.45, 2.75) is 161 Å². The SMILES string of the molecule is C[C@H](CCCc1ccccc1)CC[C@H]1C=C[C@]2(C)C[C@@H](OC(=O)C3CCCCC3)[C@H]3[C@]1([C@@H](O)CC[C@@]3(C)C1CCCC1)[C@@]2(O)CCC1=CC(=O)OC1. The smallest absolute Gasteiger partial charge is 0.331 e. The molecular formula is C46H66O6. The molecule has 0 saturated heterocycles. The summed E-state index contributed by atoms with van der Waals surface area (Å²) in [4.78, 5) is 26.3. The molecule has 4 fully saturated rings. The van der Waals surface area contributed by atoms with Gasteiger partial charge in [0.15, 0.2) is 0 Å². The molecule has 6 aliphatic rings. The molecule has 1 heterocycles. The molecule has 1 aromatic rings. The van der Waals surface area contributed by atoms with Crippen LogP contribution in [-0.2, 0) is 25.5 Å². The van der Waals surface area contributed by atoms with Gasteiger partial charge in [-0.05, 0) is 111 Å². The van der Waals surface area contributed by atoms with E-state index in [4.69, 9.17) is 9.47 Å². The zero-order valence-corrected chi connectivity index (χ0v) is 32.3. The van der Waals surface area contributed by atoms with Gasteiger partial charge in [-0.2, -0.15) is 0 Å². The molecule has 286 valence electrons. The number of benzene rings is 1. The highest BCUT2D eigenvalue weighted by Crippen LogP contribution is 2.75. The van der Waals surface area contributed by atoms with Crippen molar-refractivity contribution in [3.63, 3.8) is 0 Å². The average Bonchev–Trinajstić information content (AvgIpc) is 3.84. The Morgan fingerprint density at radius 2 is 1.71 bits per heavy atom. The van der Waals surface area contributed by atoms with Gasteiger partial charge in [-0.3, -0.25) is 4.79 Å². The normalized spacial score (nSPS) is 38.4.